The summed E-state index contributed by atoms with van der Waals surface area (Å²) in [5, 5.41) is 13.1. The molecule has 2 saturated heterocycles. The minimum Gasteiger partial charge on any atom is -0.393 e. The summed E-state index contributed by atoms with van der Waals surface area (Å²) in [6.45, 7) is 1.56. The standard InChI is InChI=1S/C15H20N2O3S/c18-14-6-12-2-3-13(7-14)17(12)21(19,20)15-4-1-10-8-16-9-11(10)5-15/h1,4-5,12-14,16,18H,2-3,6-9H2. The molecule has 6 heteroatoms. The summed E-state index contributed by atoms with van der Waals surface area (Å²) in [5.41, 5.74) is 2.27. The van der Waals surface area contributed by atoms with Crippen molar-refractivity contribution in [3.63, 3.8) is 0 Å². The van der Waals surface area contributed by atoms with Gasteiger partial charge in [0.25, 0.3) is 0 Å². The molecule has 0 spiro atoms. The lowest BCUT2D eigenvalue weighted by molar-refractivity contribution is 0.0769. The van der Waals surface area contributed by atoms with Crippen LogP contribution in [0.15, 0.2) is 23.1 Å². The maximum atomic E-state index is 13.0. The largest absolute Gasteiger partial charge is 0.393 e. The molecule has 5 nitrogen and oxygen atoms in total. The van der Waals surface area contributed by atoms with Crippen LogP contribution in [0, 0.1) is 0 Å². The molecular weight excluding hydrogens is 288 g/mol. The van der Waals surface area contributed by atoms with Gasteiger partial charge in [0.2, 0.25) is 10.0 Å². The van der Waals surface area contributed by atoms with Crippen LogP contribution < -0.4 is 5.32 Å². The Bertz CT molecular complexity index is 659. The molecule has 4 rings (SSSR count). The smallest absolute Gasteiger partial charge is 0.243 e. The summed E-state index contributed by atoms with van der Waals surface area (Å²) in [4.78, 5) is 0.401. The van der Waals surface area contributed by atoms with Crippen molar-refractivity contribution in [1.29, 1.82) is 0 Å². The molecule has 2 N–H and O–H groups in total. The number of aliphatic hydroxyl groups excluding tert-OH is 1. The highest BCUT2D eigenvalue weighted by Crippen LogP contribution is 2.40. The first-order chi connectivity index (χ1) is 10.1. The van der Waals surface area contributed by atoms with Crippen LogP contribution in [0.5, 0.6) is 0 Å². The molecule has 2 unspecified atom stereocenters. The van der Waals surface area contributed by atoms with Crippen molar-refractivity contribution >= 4 is 10.0 Å². The second-order valence-corrected chi connectivity index (χ2v) is 8.22. The summed E-state index contributed by atoms with van der Waals surface area (Å²) in [6.07, 6.45) is 2.53. The van der Waals surface area contributed by atoms with Gasteiger partial charge >= 0.3 is 0 Å². The van der Waals surface area contributed by atoms with Gasteiger partial charge in [0.05, 0.1) is 11.0 Å². The van der Waals surface area contributed by atoms with Gasteiger partial charge in [0.1, 0.15) is 0 Å². The zero-order chi connectivity index (χ0) is 14.6. The number of aliphatic hydroxyl groups is 1. The first kappa shape index (κ1) is 13.7. The van der Waals surface area contributed by atoms with Crippen molar-refractivity contribution in [2.75, 3.05) is 0 Å². The molecule has 0 aromatic heterocycles. The molecule has 0 amide bonds. The first-order valence-corrected chi connectivity index (χ1v) is 9.04. The predicted octanol–water partition coefficient (Wildman–Crippen LogP) is 0.966. The average molecular weight is 308 g/mol. The third-order valence-electron chi connectivity index (χ3n) is 5.03. The highest BCUT2D eigenvalue weighted by Gasteiger charge is 2.46. The van der Waals surface area contributed by atoms with Crippen LogP contribution in [0.3, 0.4) is 0 Å². The van der Waals surface area contributed by atoms with E-state index in [0.717, 1.165) is 31.5 Å². The lowest BCUT2D eigenvalue weighted by Gasteiger charge is -2.36. The molecule has 3 aliphatic rings. The van der Waals surface area contributed by atoms with E-state index in [1.165, 1.54) is 5.56 Å². The average Bonchev–Trinajstić information content (AvgIpc) is 3.01. The number of fused-ring (bicyclic) bond motifs is 3. The lowest BCUT2D eigenvalue weighted by Crippen LogP contribution is -2.47. The molecule has 0 aliphatic carbocycles. The summed E-state index contributed by atoms with van der Waals surface area (Å²) in [6, 6.07) is 5.40. The molecule has 2 fully saturated rings. The molecule has 114 valence electrons. The van der Waals surface area contributed by atoms with Crippen molar-refractivity contribution in [2.24, 2.45) is 0 Å². The lowest BCUT2D eigenvalue weighted by atomic mass is 10.0. The minimum atomic E-state index is -3.45. The molecule has 1 aromatic rings. The Morgan fingerprint density at radius 1 is 1.10 bits per heavy atom. The van der Waals surface area contributed by atoms with Crippen LogP contribution in [0.25, 0.3) is 0 Å². The Balaban J connectivity index is 1.71. The highest BCUT2D eigenvalue weighted by molar-refractivity contribution is 7.89. The number of sulfonamides is 1. The van der Waals surface area contributed by atoms with E-state index in [-0.39, 0.29) is 18.2 Å². The summed E-state index contributed by atoms with van der Waals surface area (Å²) in [7, 11) is -3.45. The van der Waals surface area contributed by atoms with Gasteiger partial charge in [0, 0.05) is 25.2 Å². The van der Waals surface area contributed by atoms with Crippen LogP contribution >= 0.6 is 0 Å². The van der Waals surface area contributed by atoms with E-state index in [2.05, 4.69) is 5.32 Å². The van der Waals surface area contributed by atoms with E-state index in [1.807, 2.05) is 12.1 Å². The van der Waals surface area contributed by atoms with Gasteiger partial charge in [-0.05, 0) is 48.9 Å². The van der Waals surface area contributed by atoms with E-state index in [0.29, 0.717) is 17.7 Å². The number of nitrogens with zero attached hydrogens (tertiary/aromatic N) is 1. The second kappa shape index (κ2) is 4.78. The van der Waals surface area contributed by atoms with Crippen LogP contribution in [0.2, 0.25) is 0 Å². The van der Waals surface area contributed by atoms with Crippen molar-refractivity contribution in [2.45, 2.75) is 61.9 Å². The monoisotopic (exact) mass is 308 g/mol. The Hall–Kier alpha value is -0.950. The van der Waals surface area contributed by atoms with Crippen LogP contribution in [-0.4, -0.2) is 36.0 Å². The minimum absolute atomic E-state index is 0.0323. The van der Waals surface area contributed by atoms with Gasteiger partial charge in [-0.3, -0.25) is 0 Å². The summed E-state index contributed by atoms with van der Waals surface area (Å²) in [5.74, 6) is 0. The molecular formula is C15H20N2O3S. The number of hydrogen-bond donors (Lipinski definition) is 2. The molecule has 2 atom stereocenters. The van der Waals surface area contributed by atoms with E-state index >= 15 is 0 Å². The van der Waals surface area contributed by atoms with Crippen molar-refractivity contribution in [3.8, 4) is 0 Å². The zero-order valence-electron chi connectivity index (χ0n) is 11.8. The fraction of sp³-hybridized carbons (Fsp3) is 0.600. The summed E-state index contributed by atoms with van der Waals surface area (Å²) >= 11 is 0. The molecule has 3 aliphatic heterocycles. The van der Waals surface area contributed by atoms with Crippen molar-refractivity contribution in [3.05, 3.63) is 29.3 Å². The Morgan fingerprint density at radius 3 is 2.48 bits per heavy atom. The third kappa shape index (κ3) is 2.12. The van der Waals surface area contributed by atoms with Crippen molar-refractivity contribution < 1.29 is 13.5 Å². The van der Waals surface area contributed by atoms with E-state index in [1.54, 1.807) is 10.4 Å². The van der Waals surface area contributed by atoms with Gasteiger partial charge in [0.15, 0.2) is 0 Å². The predicted molar refractivity (Wildman–Crippen MR) is 78.1 cm³/mol. The Labute approximate surface area is 125 Å². The quantitative estimate of drug-likeness (QED) is 0.854. The molecule has 0 radical (unpaired) electrons. The first-order valence-electron chi connectivity index (χ1n) is 7.60. The van der Waals surface area contributed by atoms with E-state index in [4.69, 9.17) is 0 Å². The number of benzene rings is 1. The van der Waals surface area contributed by atoms with Crippen LogP contribution in [0.4, 0.5) is 0 Å². The van der Waals surface area contributed by atoms with Gasteiger partial charge in [-0.15, -0.1) is 0 Å². The second-order valence-electron chi connectivity index (χ2n) is 6.38. The van der Waals surface area contributed by atoms with Gasteiger partial charge < -0.3 is 10.4 Å². The number of hydrogen-bond acceptors (Lipinski definition) is 4. The number of nitrogens with one attached hydrogen (secondary N) is 1. The fourth-order valence-electron chi connectivity index (χ4n) is 4.05. The SMILES string of the molecule is O=S(=O)(c1ccc2c(c1)CNC2)N1C2CCC1CC(O)C2. The highest BCUT2D eigenvalue weighted by atomic mass is 32.2. The zero-order valence-corrected chi connectivity index (χ0v) is 12.6. The molecule has 3 heterocycles. The Morgan fingerprint density at radius 2 is 1.76 bits per heavy atom. The van der Waals surface area contributed by atoms with Crippen LogP contribution in [0.1, 0.15) is 36.8 Å². The summed E-state index contributed by atoms with van der Waals surface area (Å²) < 4.78 is 27.6. The van der Waals surface area contributed by atoms with Gasteiger partial charge in [-0.1, -0.05) is 6.07 Å². The molecule has 0 saturated carbocycles. The fourth-order valence-corrected chi connectivity index (χ4v) is 5.99. The van der Waals surface area contributed by atoms with E-state index < -0.39 is 10.0 Å². The molecule has 1 aromatic carbocycles. The number of piperidine rings is 1. The number of rotatable bonds is 2. The van der Waals surface area contributed by atoms with Gasteiger partial charge in [-0.25, -0.2) is 8.42 Å². The third-order valence-corrected chi connectivity index (χ3v) is 7.03. The van der Waals surface area contributed by atoms with Crippen LogP contribution in [-0.2, 0) is 23.1 Å². The molecule has 21 heavy (non-hydrogen) atoms. The van der Waals surface area contributed by atoms with E-state index in [9.17, 15) is 13.5 Å². The normalized spacial score (nSPS) is 32.3. The van der Waals surface area contributed by atoms with Crippen molar-refractivity contribution in [1.82, 2.24) is 9.62 Å². The molecule has 2 bridgehead atoms. The maximum absolute atomic E-state index is 13.0. The van der Waals surface area contributed by atoms with Gasteiger partial charge in [-0.2, -0.15) is 4.31 Å². The maximum Gasteiger partial charge on any atom is 0.243 e. The topological polar surface area (TPSA) is 69.6 Å². The Kier molecular flexibility index (Phi) is 3.11.